The molecule has 0 saturated heterocycles. The molecule has 0 heterocycles. The van der Waals surface area contributed by atoms with Crippen molar-refractivity contribution in [2.45, 2.75) is 45.2 Å². The van der Waals surface area contributed by atoms with Crippen LogP contribution in [-0.4, -0.2) is 36.4 Å². The highest BCUT2D eigenvalue weighted by atomic mass is 19.1. The Morgan fingerprint density at radius 2 is 1.66 bits per heavy atom. The lowest BCUT2D eigenvalue weighted by Crippen LogP contribution is -2.51. The third-order valence-corrected chi connectivity index (χ3v) is 5.86. The van der Waals surface area contributed by atoms with Crippen LogP contribution in [0.5, 0.6) is 5.75 Å². The van der Waals surface area contributed by atoms with Crippen molar-refractivity contribution in [3.8, 4) is 5.75 Å². The molecule has 0 spiro atoms. The summed E-state index contributed by atoms with van der Waals surface area (Å²) in [6, 6.07) is 22.4. The largest absolute Gasteiger partial charge is 0.497 e. The van der Waals surface area contributed by atoms with Crippen molar-refractivity contribution < 1.29 is 18.7 Å². The number of rotatable bonds is 12. The third-order valence-electron chi connectivity index (χ3n) is 5.86. The summed E-state index contributed by atoms with van der Waals surface area (Å²) in [5.74, 6) is -0.0595. The van der Waals surface area contributed by atoms with Gasteiger partial charge in [-0.1, -0.05) is 67.9 Å². The van der Waals surface area contributed by atoms with E-state index in [0.717, 1.165) is 24.0 Å². The van der Waals surface area contributed by atoms with Gasteiger partial charge in [-0.05, 0) is 47.4 Å². The minimum atomic E-state index is -0.701. The van der Waals surface area contributed by atoms with E-state index in [1.54, 1.807) is 24.1 Å². The molecule has 0 aliphatic heterocycles. The smallest absolute Gasteiger partial charge is 0.243 e. The highest BCUT2D eigenvalue weighted by Gasteiger charge is 2.30. The highest BCUT2D eigenvalue weighted by molar-refractivity contribution is 5.88. The molecule has 3 aromatic rings. The second-order valence-corrected chi connectivity index (χ2v) is 8.53. The van der Waals surface area contributed by atoms with Crippen molar-refractivity contribution >= 4 is 11.8 Å². The van der Waals surface area contributed by atoms with Crippen molar-refractivity contribution in [2.24, 2.45) is 0 Å². The van der Waals surface area contributed by atoms with Crippen LogP contribution in [0.25, 0.3) is 0 Å². The van der Waals surface area contributed by atoms with E-state index in [0.29, 0.717) is 24.3 Å². The number of ether oxygens (including phenoxy) is 1. The van der Waals surface area contributed by atoms with Crippen molar-refractivity contribution in [3.05, 3.63) is 101 Å². The van der Waals surface area contributed by atoms with Crippen LogP contribution in [0, 0.1) is 5.82 Å². The Hall–Kier alpha value is -3.67. The number of carbonyl (C=O) groups is 2. The van der Waals surface area contributed by atoms with Crippen LogP contribution < -0.4 is 10.1 Å². The number of methoxy groups -OCH3 is 1. The van der Waals surface area contributed by atoms with Crippen LogP contribution in [-0.2, 0) is 29.0 Å². The first-order chi connectivity index (χ1) is 17.0. The molecule has 5 nitrogen and oxygen atoms in total. The molecule has 3 rings (SSSR count). The Morgan fingerprint density at radius 3 is 2.34 bits per heavy atom. The van der Waals surface area contributed by atoms with Gasteiger partial charge in [0.25, 0.3) is 0 Å². The van der Waals surface area contributed by atoms with Gasteiger partial charge in [0.15, 0.2) is 0 Å². The first-order valence-corrected chi connectivity index (χ1v) is 12.0. The lowest BCUT2D eigenvalue weighted by atomic mass is 10.0. The molecule has 1 atom stereocenters. The van der Waals surface area contributed by atoms with Gasteiger partial charge in [0, 0.05) is 19.5 Å². The number of halogens is 1. The van der Waals surface area contributed by atoms with E-state index in [9.17, 15) is 14.0 Å². The number of benzene rings is 3. The Morgan fingerprint density at radius 1 is 0.943 bits per heavy atom. The van der Waals surface area contributed by atoms with E-state index in [-0.39, 0.29) is 30.6 Å². The Labute approximate surface area is 206 Å². The van der Waals surface area contributed by atoms with Gasteiger partial charge in [-0.25, -0.2) is 4.39 Å². The molecule has 184 valence electrons. The number of carbonyl (C=O) groups excluding carboxylic acids is 2. The van der Waals surface area contributed by atoms with Gasteiger partial charge in [0.1, 0.15) is 17.6 Å². The Bertz CT molecular complexity index is 1090. The van der Waals surface area contributed by atoms with Crippen LogP contribution in [0.1, 0.15) is 36.5 Å². The van der Waals surface area contributed by atoms with E-state index >= 15 is 0 Å². The van der Waals surface area contributed by atoms with Crippen LogP contribution in [0.3, 0.4) is 0 Å². The minimum absolute atomic E-state index is 0.0672. The zero-order valence-corrected chi connectivity index (χ0v) is 20.4. The van der Waals surface area contributed by atoms with Gasteiger partial charge in [-0.2, -0.15) is 0 Å². The van der Waals surface area contributed by atoms with E-state index < -0.39 is 6.04 Å². The minimum Gasteiger partial charge on any atom is -0.497 e. The van der Waals surface area contributed by atoms with Gasteiger partial charge in [-0.15, -0.1) is 0 Å². The van der Waals surface area contributed by atoms with E-state index in [1.807, 2.05) is 54.6 Å². The molecule has 35 heavy (non-hydrogen) atoms. The van der Waals surface area contributed by atoms with Crippen molar-refractivity contribution in [3.63, 3.8) is 0 Å². The summed E-state index contributed by atoms with van der Waals surface area (Å²) in [7, 11) is 1.59. The molecule has 0 fully saturated rings. The monoisotopic (exact) mass is 476 g/mol. The summed E-state index contributed by atoms with van der Waals surface area (Å²) in [4.78, 5) is 28.7. The normalized spacial score (nSPS) is 11.5. The maximum absolute atomic E-state index is 13.6. The molecule has 0 saturated carbocycles. The van der Waals surface area contributed by atoms with Crippen molar-refractivity contribution in [2.75, 3.05) is 13.7 Å². The maximum atomic E-state index is 13.6. The molecule has 0 radical (unpaired) electrons. The van der Waals surface area contributed by atoms with Crippen LogP contribution in [0.15, 0.2) is 78.9 Å². The summed E-state index contributed by atoms with van der Waals surface area (Å²) in [5.41, 5.74) is 2.52. The fraction of sp³-hybridized carbons (Fsp3) is 0.310. The quantitative estimate of drug-likeness (QED) is 0.377. The topological polar surface area (TPSA) is 58.6 Å². The summed E-state index contributed by atoms with van der Waals surface area (Å²) >= 11 is 0. The molecule has 0 unspecified atom stereocenters. The zero-order chi connectivity index (χ0) is 25.0. The predicted molar refractivity (Wildman–Crippen MR) is 135 cm³/mol. The Kier molecular flexibility index (Phi) is 9.84. The van der Waals surface area contributed by atoms with Crippen molar-refractivity contribution in [1.82, 2.24) is 10.2 Å². The predicted octanol–water partition coefficient (Wildman–Crippen LogP) is 4.93. The summed E-state index contributed by atoms with van der Waals surface area (Å²) < 4.78 is 18.8. The fourth-order valence-corrected chi connectivity index (χ4v) is 3.91. The summed E-state index contributed by atoms with van der Waals surface area (Å²) in [5, 5.41) is 3.01. The van der Waals surface area contributed by atoms with Crippen molar-refractivity contribution in [1.29, 1.82) is 0 Å². The maximum Gasteiger partial charge on any atom is 0.243 e. The van der Waals surface area contributed by atoms with Gasteiger partial charge in [0.2, 0.25) is 11.8 Å². The standard InChI is InChI=1S/C29H33FN2O3/c1-3-4-17-31-29(34)27(19-22-9-6-5-7-10-22)32(21-24-11-8-12-26(18-24)35-2)28(33)20-23-13-15-25(30)16-14-23/h5-16,18,27H,3-4,17,19-21H2,1-2H3,(H,31,34)/t27-/m1/s1. The lowest BCUT2D eigenvalue weighted by Gasteiger charge is -2.32. The second-order valence-electron chi connectivity index (χ2n) is 8.53. The van der Waals surface area contributed by atoms with Crippen LogP contribution in [0.4, 0.5) is 4.39 Å². The molecule has 0 aliphatic rings. The molecular formula is C29H33FN2O3. The van der Waals surface area contributed by atoms with Gasteiger partial charge in [0.05, 0.1) is 13.5 Å². The third kappa shape index (κ3) is 7.95. The first-order valence-electron chi connectivity index (χ1n) is 12.0. The number of nitrogens with one attached hydrogen (secondary N) is 1. The van der Waals surface area contributed by atoms with Gasteiger partial charge < -0.3 is 15.0 Å². The molecule has 3 aromatic carbocycles. The van der Waals surface area contributed by atoms with E-state index in [4.69, 9.17) is 4.74 Å². The molecular weight excluding hydrogens is 443 g/mol. The van der Waals surface area contributed by atoms with Crippen LogP contribution >= 0.6 is 0 Å². The summed E-state index contributed by atoms with van der Waals surface area (Å²) in [6.45, 7) is 2.87. The molecule has 1 N–H and O–H groups in total. The van der Waals surface area contributed by atoms with Gasteiger partial charge in [-0.3, -0.25) is 9.59 Å². The molecule has 0 aliphatic carbocycles. The first kappa shape index (κ1) is 25.9. The fourth-order valence-electron chi connectivity index (χ4n) is 3.91. The SMILES string of the molecule is CCCCNC(=O)[C@@H](Cc1ccccc1)N(Cc1cccc(OC)c1)C(=O)Cc1ccc(F)cc1. The second kappa shape index (κ2) is 13.3. The molecule has 6 heteroatoms. The lowest BCUT2D eigenvalue weighted by molar-refractivity contribution is -0.140. The zero-order valence-electron chi connectivity index (χ0n) is 20.4. The molecule has 0 bridgehead atoms. The number of hydrogen-bond acceptors (Lipinski definition) is 3. The van der Waals surface area contributed by atoms with Gasteiger partial charge >= 0.3 is 0 Å². The average Bonchev–Trinajstić information content (AvgIpc) is 2.88. The average molecular weight is 477 g/mol. The van der Waals surface area contributed by atoms with E-state index in [1.165, 1.54) is 12.1 Å². The number of nitrogens with zero attached hydrogens (tertiary/aromatic N) is 1. The number of hydrogen-bond donors (Lipinski definition) is 1. The highest BCUT2D eigenvalue weighted by Crippen LogP contribution is 2.19. The number of unbranched alkanes of at least 4 members (excludes halogenated alkanes) is 1. The molecule has 0 aromatic heterocycles. The number of amides is 2. The summed E-state index contributed by atoms with van der Waals surface area (Å²) in [6.07, 6.45) is 2.28. The molecule has 2 amide bonds. The van der Waals surface area contributed by atoms with E-state index in [2.05, 4.69) is 12.2 Å². The van der Waals surface area contributed by atoms with Crippen LogP contribution in [0.2, 0.25) is 0 Å². The Balaban J connectivity index is 1.94.